The van der Waals surface area contributed by atoms with Crippen LogP contribution in [0.5, 0.6) is 0 Å². The van der Waals surface area contributed by atoms with Gasteiger partial charge >= 0.3 is 11.9 Å². The highest BCUT2D eigenvalue weighted by Crippen LogP contribution is 2.16. The average molecular weight is 622 g/mol. The molecule has 1 atom stereocenters. The Hall–Kier alpha value is -1.85. The Morgan fingerprint density at radius 1 is 0.568 bits per heavy atom. The number of aliphatic carboxylic acids is 1. The molecule has 0 saturated heterocycles. The number of hydrogen-bond donors (Lipinski definition) is 2. The topological polar surface area (TPSA) is 92.7 Å². The van der Waals surface area contributed by atoms with E-state index in [9.17, 15) is 14.4 Å². The highest BCUT2D eigenvalue weighted by molar-refractivity contribution is 5.80. The first-order valence-electron chi connectivity index (χ1n) is 18.8. The van der Waals surface area contributed by atoms with Crippen LogP contribution in [0.1, 0.15) is 200 Å². The van der Waals surface area contributed by atoms with E-state index in [4.69, 9.17) is 9.84 Å². The summed E-state index contributed by atoms with van der Waals surface area (Å²) in [4.78, 5) is 34.4. The van der Waals surface area contributed by atoms with Crippen LogP contribution in [0.25, 0.3) is 0 Å². The van der Waals surface area contributed by atoms with Crippen LogP contribution in [0.4, 0.5) is 0 Å². The standard InChI is InChI=1S/C38H71NO5/c1-3-5-6-7-8-9-10-11-12-13-14-15-16-17-18-19-20-21-22-23-24-25-29-33-38(43)44-35(30-4-2)31-27-26-28-32-36(40)39-34-37(41)42/h13-14,35H,3-12,15-34H2,1-2H3,(H,39,40)(H,41,42)/b14-13-. The molecule has 44 heavy (non-hydrogen) atoms. The van der Waals surface area contributed by atoms with E-state index >= 15 is 0 Å². The predicted octanol–water partition coefficient (Wildman–Crippen LogP) is 11.0. The molecule has 0 radical (unpaired) electrons. The van der Waals surface area contributed by atoms with Gasteiger partial charge in [0, 0.05) is 12.8 Å². The molecule has 1 amide bonds. The zero-order valence-electron chi connectivity index (χ0n) is 29.0. The Labute approximate surface area is 271 Å². The van der Waals surface area contributed by atoms with Crippen molar-refractivity contribution in [2.45, 2.75) is 206 Å². The van der Waals surface area contributed by atoms with Gasteiger partial charge in [-0.15, -0.1) is 0 Å². The molecule has 0 saturated carbocycles. The van der Waals surface area contributed by atoms with Gasteiger partial charge in [-0.2, -0.15) is 0 Å². The lowest BCUT2D eigenvalue weighted by Gasteiger charge is -2.17. The van der Waals surface area contributed by atoms with E-state index in [-0.39, 0.29) is 24.5 Å². The molecule has 0 spiro atoms. The van der Waals surface area contributed by atoms with Crippen molar-refractivity contribution in [3.63, 3.8) is 0 Å². The number of carboxylic acid groups (broad SMARTS) is 1. The third-order valence-corrected chi connectivity index (χ3v) is 8.42. The van der Waals surface area contributed by atoms with Crippen molar-refractivity contribution in [3.8, 4) is 0 Å². The SMILES string of the molecule is CCCCCCCCCC/C=C\CCCCCCCCCCCCCC(=O)OC(CCC)CCCCCC(=O)NCC(=O)O. The molecule has 0 fully saturated rings. The summed E-state index contributed by atoms with van der Waals surface area (Å²) in [6.45, 7) is 4.06. The molecule has 2 N–H and O–H groups in total. The quantitative estimate of drug-likeness (QED) is 0.0423. The number of nitrogens with one attached hydrogen (secondary N) is 1. The van der Waals surface area contributed by atoms with Crippen LogP contribution in [0.2, 0.25) is 0 Å². The number of unbranched alkanes of at least 4 members (excludes halogenated alkanes) is 21. The summed E-state index contributed by atoms with van der Waals surface area (Å²) in [5, 5.41) is 11.0. The molecule has 0 aliphatic heterocycles. The van der Waals surface area contributed by atoms with Gasteiger partial charge in [-0.3, -0.25) is 14.4 Å². The molecule has 0 rings (SSSR count). The zero-order valence-corrected chi connectivity index (χ0v) is 29.0. The van der Waals surface area contributed by atoms with Crippen molar-refractivity contribution in [1.29, 1.82) is 0 Å². The van der Waals surface area contributed by atoms with Crippen molar-refractivity contribution in [3.05, 3.63) is 12.2 Å². The maximum Gasteiger partial charge on any atom is 0.322 e. The van der Waals surface area contributed by atoms with Gasteiger partial charge in [-0.05, 0) is 57.8 Å². The van der Waals surface area contributed by atoms with Gasteiger partial charge in [-0.1, -0.05) is 142 Å². The van der Waals surface area contributed by atoms with Gasteiger partial charge in [0.05, 0.1) is 0 Å². The van der Waals surface area contributed by atoms with Crippen molar-refractivity contribution < 1.29 is 24.2 Å². The summed E-state index contributed by atoms with van der Waals surface area (Å²) in [6.07, 6.45) is 38.5. The summed E-state index contributed by atoms with van der Waals surface area (Å²) >= 11 is 0. The maximum absolute atomic E-state index is 12.3. The second-order valence-corrected chi connectivity index (χ2v) is 12.8. The van der Waals surface area contributed by atoms with Gasteiger partial charge in [0.15, 0.2) is 0 Å². The minimum absolute atomic E-state index is 0.0330. The molecule has 1 unspecified atom stereocenters. The number of hydrogen-bond acceptors (Lipinski definition) is 4. The first kappa shape index (κ1) is 42.1. The van der Waals surface area contributed by atoms with Gasteiger partial charge < -0.3 is 15.2 Å². The van der Waals surface area contributed by atoms with Gasteiger partial charge in [-0.25, -0.2) is 0 Å². The molecule has 0 aromatic rings. The van der Waals surface area contributed by atoms with E-state index in [1.54, 1.807) is 0 Å². The summed E-state index contributed by atoms with van der Waals surface area (Å²) in [6, 6.07) is 0. The molecule has 0 aromatic heterocycles. The van der Waals surface area contributed by atoms with Gasteiger partial charge in [0.2, 0.25) is 5.91 Å². The maximum atomic E-state index is 12.3. The summed E-state index contributed by atoms with van der Waals surface area (Å²) in [5.74, 6) is -1.33. The Kier molecular flexibility index (Phi) is 32.6. The Balaban J connectivity index is 3.50. The number of carbonyl (C=O) groups is 3. The van der Waals surface area contributed by atoms with E-state index in [1.165, 1.54) is 122 Å². The highest BCUT2D eigenvalue weighted by Gasteiger charge is 2.13. The highest BCUT2D eigenvalue weighted by atomic mass is 16.5. The molecule has 0 aliphatic rings. The van der Waals surface area contributed by atoms with Crippen molar-refractivity contribution in [1.82, 2.24) is 5.32 Å². The van der Waals surface area contributed by atoms with Gasteiger partial charge in [0.25, 0.3) is 0 Å². The van der Waals surface area contributed by atoms with E-state index < -0.39 is 5.97 Å². The molecule has 0 aliphatic carbocycles. The lowest BCUT2D eigenvalue weighted by atomic mass is 10.0. The van der Waals surface area contributed by atoms with E-state index in [0.29, 0.717) is 12.8 Å². The first-order chi connectivity index (χ1) is 21.5. The number of carbonyl (C=O) groups excluding carboxylic acids is 2. The number of amides is 1. The third-order valence-electron chi connectivity index (χ3n) is 8.42. The van der Waals surface area contributed by atoms with Crippen LogP contribution in [-0.2, 0) is 19.1 Å². The Bertz CT molecular complexity index is 693. The second kappa shape index (κ2) is 34.0. The molecule has 0 aromatic carbocycles. The summed E-state index contributed by atoms with van der Waals surface area (Å²) in [5.41, 5.74) is 0. The largest absolute Gasteiger partial charge is 0.480 e. The van der Waals surface area contributed by atoms with E-state index in [1.807, 2.05) is 0 Å². The van der Waals surface area contributed by atoms with Crippen LogP contribution in [0.15, 0.2) is 12.2 Å². The third kappa shape index (κ3) is 33.1. The van der Waals surface area contributed by atoms with E-state index in [0.717, 1.165) is 51.4 Å². The first-order valence-corrected chi connectivity index (χ1v) is 18.8. The average Bonchev–Trinajstić information content (AvgIpc) is 3.00. The molecule has 258 valence electrons. The molecule has 6 heteroatoms. The number of esters is 1. The monoisotopic (exact) mass is 622 g/mol. The fourth-order valence-corrected chi connectivity index (χ4v) is 5.68. The van der Waals surface area contributed by atoms with E-state index in [2.05, 4.69) is 31.3 Å². The summed E-state index contributed by atoms with van der Waals surface area (Å²) in [7, 11) is 0. The molecular formula is C38H71NO5. The fourth-order valence-electron chi connectivity index (χ4n) is 5.68. The van der Waals surface area contributed by atoms with Gasteiger partial charge in [0.1, 0.15) is 12.6 Å². The van der Waals surface area contributed by atoms with Crippen molar-refractivity contribution in [2.24, 2.45) is 0 Å². The number of rotatable bonds is 34. The van der Waals surface area contributed by atoms with Crippen LogP contribution >= 0.6 is 0 Å². The number of ether oxygens (including phenoxy) is 1. The lowest BCUT2D eigenvalue weighted by Crippen LogP contribution is -2.28. The number of allylic oxidation sites excluding steroid dienone is 2. The van der Waals surface area contributed by atoms with Crippen LogP contribution in [0.3, 0.4) is 0 Å². The second-order valence-electron chi connectivity index (χ2n) is 12.8. The smallest absolute Gasteiger partial charge is 0.322 e. The summed E-state index contributed by atoms with van der Waals surface area (Å²) < 4.78 is 5.75. The Morgan fingerprint density at radius 2 is 1.02 bits per heavy atom. The van der Waals surface area contributed by atoms with Crippen molar-refractivity contribution in [2.75, 3.05) is 6.54 Å². The minimum atomic E-state index is -1.03. The molecular weight excluding hydrogens is 550 g/mol. The molecule has 0 heterocycles. The molecule has 0 bridgehead atoms. The Morgan fingerprint density at radius 3 is 1.52 bits per heavy atom. The molecule has 6 nitrogen and oxygen atoms in total. The zero-order chi connectivity index (χ0) is 32.4. The fraction of sp³-hybridized carbons (Fsp3) is 0.868. The van der Waals surface area contributed by atoms with Crippen LogP contribution in [0, 0.1) is 0 Å². The van der Waals surface area contributed by atoms with Crippen molar-refractivity contribution >= 4 is 17.8 Å². The minimum Gasteiger partial charge on any atom is -0.480 e. The lowest BCUT2D eigenvalue weighted by molar-refractivity contribution is -0.150. The van der Waals surface area contributed by atoms with Crippen LogP contribution in [-0.4, -0.2) is 35.6 Å². The normalized spacial score (nSPS) is 12.0. The van der Waals surface area contributed by atoms with Crippen LogP contribution < -0.4 is 5.32 Å². The predicted molar refractivity (Wildman–Crippen MR) is 185 cm³/mol. The number of carboxylic acids is 1.